The molecule has 1 aromatic rings. The number of phenolic OH excluding ortho intramolecular Hbond substituents is 1. The number of alkyl halides is 1. The summed E-state index contributed by atoms with van der Waals surface area (Å²) >= 11 is 3.34. The lowest BCUT2D eigenvalue weighted by molar-refractivity contribution is 0.0757. The van der Waals surface area contributed by atoms with Crippen molar-refractivity contribution in [2.75, 3.05) is 12.4 Å². The van der Waals surface area contributed by atoms with Crippen LogP contribution in [0.2, 0.25) is 0 Å². The van der Waals surface area contributed by atoms with E-state index in [9.17, 15) is 9.90 Å². The van der Waals surface area contributed by atoms with Crippen molar-refractivity contribution in [1.82, 2.24) is 4.90 Å². The van der Waals surface area contributed by atoms with E-state index in [1.807, 2.05) is 6.92 Å². The van der Waals surface area contributed by atoms with Gasteiger partial charge in [0.1, 0.15) is 5.75 Å². The summed E-state index contributed by atoms with van der Waals surface area (Å²) in [5.41, 5.74) is 1.28. The predicted molar refractivity (Wildman–Crippen MR) is 68.2 cm³/mol. The Labute approximate surface area is 104 Å². The molecule has 88 valence electrons. The number of carbonyl (C=O) groups excluding carboxylic acids is 1. The number of carbonyl (C=O) groups is 1. The quantitative estimate of drug-likeness (QED) is 0.867. The third-order valence-electron chi connectivity index (χ3n) is 2.66. The third kappa shape index (κ3) is 2.76. The van der Waals surface area contributed by atoms with E-state index in [1.165, 1.54) is 6.07 Å². The standard InChI is InChI=1S/C12H16BrNO2/c1-8-4-5-10(6-11(8)15)12(16)14(3)9(2)7-13/h4-6,9,15H,7H2,1-3H3. The molecule has 1 rings (SSSR count). The first-order valence-corrected chi connectivity index (χ1v) is 6.22. The molecule has 0 fully saturated rings. The van der Waals surface area contributed by atoms with E-state index >= 15 is 0 Å². The van der Waals surface area contributed by atoms with Gasteiger partial charge in [0.15, 0.2) is 0 Å². The van der Waals surface area contributed by atoms with Crippen LogP contribution >= 0.6 is 15.9 Å². The summed E-state index contributed by atoms with van der Waals surface area (Å²) < 4.78 is 0. The van der Waals surface area contributed by atoms with Crippen molar-refractivity contribution in [3.05, 3.63) is 29.3 Å². The maximum atomic E-state index is 12.0. The van der Waals surface area contributed by atoms with Crippen LogP contribution in [0.4, 0.5) is 0 Å². The maximum Gasteiger partial charge on any atom is 0.253 e. The number of hydrogen-bond acceptors (Lipinski definition) is 2. The fourth-order valence-corrected chi connectivity index (χ4v) is 1.68. The molecule has 0 saturated carbocycles. The van der Waals surface area contributed by atoms with Crippen molar-refractivity contribution in [2.24, 2.45) is 0 Å². The lowest BCUT2D eigenvalue weighted by Gasteiger charge is -2.23. The molecule has 0 spiro atoms. The van der Waals surface area contributed by atoms with Crippen molar-refractivity contribution in [3.8, 4) is 5.75 Å². The number of nitrogens with zero attached hydrogens (tertiary/aromatic N) is 1. The Morgan fingerprint density at radius 1 is 1.56 bits per heavy atom. The number of amides is 1. The number of hydrogen-bond donors (Lipinski definition) is 1. The van der Waals surface area contributed by atoms with Crippen molar-refractivity contribution in [1.29, 1.82) is 0 Å². The lowest BCUT2D eigenvalue weighted by Crippen LogP contribution is -2.36. The molecule has 1 unspecified atom stereocenters. The van der Waals surface area contributed by atoms with Crippen LogP contribution in [0.1, 0.15) is 22.8 Å². The average molecular weight is 286 g/mol. The SMILES string of the molecule is Cc1ccc(C(=O)N(C)C(C)CBr)cc1O. The van der Waals surface area contributed by atoms with Gasteiger partial charge in [0.05, 0.1) is 0 Å². The molecule has 4 heteroatoms. The highest BCUT2D eigenvalue weighted by molar-refractivity contribution is 9.09. The van der Waals surface area contributed by atoms with Crippen molar-refractivity contribution in [2.45, 2.75) is 19.9 Å². The number of halogens is 1. The van der Waals surface area contributed by atoms with Crippen LogP contribution in [0.15, 0.2) is 18.2 Å². The van der Waals surface area contributed by atoms with Gasteiger partial charge in [0.25, 0.3) is 5.91 Å². The van der Waals surface area contributed by atoms with Crippen LogP contribution in [0.25, 0.3) is 0 Å². The summed E-state index contributed by atoms with van der Waals surface area (Å²) in [5, 5.41) is 10.3. The highest BCUT2D eigenvalue weighted by Gasteiger charge is 2.17. The molecule has 0 radical (unpaired) electrons. The number of aromatic hydroxyl groups is 1. The molecular formula is C12H16BrNO2. The Bertz CT molecular complexity index is 393. The first kappa shape index (κ1) is 13.0. The van der Waals surface area contributed by atoms with Crippen LogP contribution < -0.4 is 0 Å². The lowest BCUT2D eigenvalue weighted by atomic mass is 10.1. The molecule has 1 amide bonds. The zero-order valence-corrected chi connectivity index (χ0v) is 11.3. The first-order valence-electron chi connectivity index (χ1n) is 5.10. The minimum absolute atomic E-state index is 0.0812. The molecule has 0 aromatic heterocycles. The fraction of sp³-hybridized carbons (Fsp3) is 0.417. The molecule has 1 aromatic carbocycles. The fourth-order valence-electron chi connectivity index (χ4n) is 1.25. The zero-order chi connectivity index (χ0) is 12.3. The molecule has 1 atom stereocenters. The van der Waals surface area contributed by atoms with Gasteiger partial charge >= 0.3 is 0 Å². The van der Waals surface area contributed by atoms with Crippen molar-refractivity contribution >= 4 is 21.8 Å². The largest absolute Gasteiger partial charge is 0.508 e. The summed E-state index contributed by atoms with van der Waals surface area (Å²) in [4.78, 5) is 13.7. The van der Waals surface area contributed by atoms with E-state index < -0.39 is 0 Å². The van der Waals surface area contributed by atoms with E-state index in [4.69, 9.17) is 0 Å². The smallest absolute Gasteiger partial charge is 0.253 e. The topological polar surface area (TPSA) is 40.5 Å². The normalized spacial score (nSPS) is 12.2. The first-order chi connectivity index (χ1) is 7.47. The van der Waals surface area contributed by atoms with Gasteiger partial charge in [-0.05, 0) is 31.5 Å². The Morgan fingerprint density at radius 3 is 2.69 bits per heavy atom. The molecule has 0 saturated heterocycles. The molecule has 1 N–H and O–H groups in total. The summed E-state index contributed by atoms with van der Waals surface area (Å²) in [6.45, 7) is 3.76. The molecule has 0 heterocycles. The summed E-state index contributed by atoms with van der Waals surface area (Å²) in [5.74, 6) is 0.0768. The van der Waals surface area contributed by atoms with Crippen molar-refractivity contribution < 1.29 is 9.90 Å². The van der Waals surface area contributed by atoms with Crippen LogP contribution in [0.5, 0.6) is 5.75 Å². The molecule has 0 aliphatic rings. The molecule has 3 nitrogen and oxygen atoms in total. The van der Waals surface area contributed by atoms with Crippen LogP contribution in [-0.4, -0.2) is 34.3 Å². The van der Waals surface area contributed by atoms with Gasteiger partial charge in [0, 0.05) is 24.0 Å². The van der Waals surface area contributed by atoms with E-state index in [1.54, 1.807) is 31.0 Å². The van der Waals surface area contributed by atoms with Gasteiger partial charge < -0.3 is 10.0 Å². The van der Waals surface area contributed by atoms with E-state index in [2.05, 4.69) is 15.9 Å². The second-order valence-electron chi connectivity index (χ2n) is 3.92. The average Bonchev–Trinajstić information content (AvgIpc) is 2.29. The van der Waals surface area contributed by atoms with E-state index in [-0.39, 0.29) is 17.7 Å². The highest BCUT2D eigenvalue weighted by atomic mass is 79.9. The molecule has 0 aliphatic heterocycles. The van der Waals surface area contributed by atoms with Gasteiger partial charge in [-0.3, -0.25) is 4.79 Å². The third-order valence-corrected chi connectivity index (χ3v) is 3.60. The molecular weight excluding hydrogens is 270 g/mol. The Hall–Kier alpha value is -1.03. The number of rotatable bonds is 3. The van der Waals surface area contributed by atoms with Gasteiger partial charge in [-0.1, -0.05) is 22.0 Å². The minimum Gasteiger partial charge on any atom is -0.508 e. The van der Waals surface area contributed by atoms with Crippen LogP contribution in [0, 0.1) is 6.92 Å². The van der Waals surface area contributed by atoms with Crippen LogP contribution in [0.3, 0.4) is 0 Å². The van der Waals surface area contributed by atoms with E-state index in [0.717, 1.165) is 10.9 Å². The van der Waals surface area contributed by atoms with Gasteiger partial charge in [-0.15, -0.1) is 0 Å². The number of aryl methyl sites for hydroxylation is 1. The predicted octanol–water partition coefficient (Wildman–Crippen LogP) is 2.56. The minimum atomic E-state index is -0.0812. The van der Waals surface area contributed by atoms with E-state index in [0.29, 0.717) is 5.56 Å². The molecule has 0 aliphatic carbocycles. The molecule has 0 bridgehead atoms. The summed E-state index contributed by atoms with van der Waals surface area (Å²) in [7, 11) is 1.76. The Morgan fingerprint density at radius 2 is 2.19 bits per heavy atom. The zero-order valence-electron chi connectivity index (χ0n) is 9.70. The monoisotopic (exact) mass is 285 g/mol. The second kappa shape index (κ2) is 5.34. The highest BCUT2D eigenvalue weighted by Crippen LogP contribution is 2.19. The van der Waals surface area contributed by atoms with Crippen LogP contribution in [-0.2, 0) is 0 Å². The Kier molecular flexibility index (Phi) is 4.35. The number of benzene rings is 1. The summed E-state index contributed by atoms with van der Waals surface area (Å²) in [6.07, 6.45) is 0. The van der Waals surface area contributed by atoms with Gasteiger partial charge in [0.2, 0.25) is 0 Å². The maximum absolute atomic E-state index is 12.0. The van der Waals surface area contributed by atoms with Gasteiger partial charge in [-0.2, -0.15) is 0 Å². The Balaban J connectivity index is 2.92. The number of phenols is 1. The molecule has 16 heavy (non-hydrogen) atoms. The van der Waals surface area contributed by atoms with Gasteiger partial charge in [-0.25, -0.2) is 0 Å². The summed E-state index contributed by atoms with van der Waals surface area (Å²) in [6, 6.07) is 5.11. The van der Waals surface area contributed by atoms with Crippen molar-refractivity contribution in [3.63, 3.8) is 0 Å². The second-order valence-corrected chi connectivity index (χ2v) is 4.57.